The van der Waals surface area contributed by atoms with E-state index >= 15 is 0 Å². The summed E-state index contributed by atoms with van der Waals surface area (Å²) in [6, 6.07) is 0. The maximum atomic E-state index is 12.1. The van der Waals surface area contributed by atoms with Crippen LogP contribution in [-0.2, 0) is 16.1 Å². The van der Waals surface area contributed by atoms with Gasteiger partial charge in [-0.3, -0.25) is 5.41 Å². The van der Waals surface area contributed by atoms with Crippen LogP contribution in [0.5, 0.6) is 0 Å². The zero-order valence-corrected chi connectivity index (χ0v) is 16.3. The normalized spacial score (nSPS) is 13.0. The van der Waals surface area contributed by atoms with Gasteiger partial charge in [0.1, 0.15) is 27.2 Å². The number of aromatic nitrogens is 4. The first-order valence-corrected chi connectivity index (χ1v) is 8.66. The number of carbonyl (C=O) groups excluding carboxylic acids is 1. The van der Waals surface area contributed by atoms with E-state index in [0.717, 1.165) is 0 Å². The predicted molar refractivity (Wildman–Crippen MR) is 99.8 cm³/mol. The molecule has 8 nitrogen and oxygen atoms in total. The van der Waals surface area contributed by atoms with Crippen LogP contribution >= 0.6 is 22.6 Å². The van der Waals surface area contributed by atoms with E-state index in [2.05, 4.69) is 37.7 Å². The van der Waals surface area contributed by atoms with E-state index in [0.29, 0.717) is 33.5 Å². The first-order valence-electron chi connectivity index (χ1n) is 7.58. The average Bonchev–Trinajstić information content (AvgIpc) is 2.80. The summed E-state index contributed by atoms with van der Waals surface area (Å²) in [6.07, 6.45) is 1.99. The summed E-state index contributed by atoms with van der Waals surface area (Å²) in [5.41, 5.74) is 5.80. The summed E-state index contributed by atoms with van der Waals surface area (Å²) in [5, 5.41) is 13.3. The third kappa shape index (κ3) is 4.00. The van der Waals surface area contributed by atoms with Gasteiger partial charge in [-0.1, -0.05) is 6.92 Å². The fourth-order valence-corrected chi connectivity index (χ4v) is 3.02. The van der Waals surface area contributed by atoms with Crippen LogP contribution in [0, 0.1) is 15.0 Å². The number of rotatable bonds is 5. The molecule has 2 aromatic rings. The molecule has 1 atom stereocenters. The number of nitrogens with one attached hydrogen (secondary N) is 1. The molecule has 9 heteroatoms. The summed E-state index contributed by atoms with van der Waals surface area (Å²) >= 11 is 2.07. The van der Waals surface area contributed by atoms with Crippen molar-refractivity contribution in [2.75, 3.05) is 5.73 Å². The van der Waals surface area contributed by atoms with Gasteiger partial charge in [0.15, 0.2) is 5.65 Å². The van der Waals surface area contributed by atoms with Crippen LogP contribution in [0.3, 0.4) is 0 Å². The summed E-state index contributed by atoms with van der Waals surface area (Å²) in [4.78, 5) is 20.4. The van der Waals surface area contributed by atoms with Crippen molar-refractivity contribution in [3.8, 4) is 0 Å². The molecule has 0 unspecified atom stereocenters. The van der Waals surface area contributed by atoms with Gasteiger partial charge in [0.2, 0.25) is 0 Å². The monoisotopic (exact) mass is 444 g/mol. The molecule has 0 saturated carbocycles. The topological polar surface area (TPSA) is 120 Å². The third-order valence-corrected chi connectivity index (χ3v) is 4.18. The van der Waals surface area contributed by atoms with E-state index in [9.17, 15) is 4.79 Å². The predicted octanol–water partition coefficient (Wildman–Crippen LogP) is 2.40. The summed E-state index contributed by atoms with van der Waals surface area (Å²) < 4.78 is 7.65. The van der Waals surface area contributed by atoms with Crippen LogP contribution in [0.15, 0.2) is 6.33 Å². The molecule has 0 aliphatic rings. The van der Waals surface area contributed by atoms with Crippen LogP contribution in [0.25, 0.3) is 11.0 Å². The van der Waals surface area contributed by atoms with Gasteiger partial charge in [0.05, 0.1) is 11.9 Å². The fraction of sp³-hybridized carbons (Fsp3) is 0.533. The lowest BCUT2D eigenvalue weighted by molar-refractivity contribution is -0.146. The van der Waals surface area contributed by atoms with E-state index < -0.39 is 11.6 Å². The Labute approximate surface area is 153 Å². The Morgan fingerprint density at radius 1 is 1.46 bits per heavy atom. The number of anilines is 1. The molecule has 0 radical (unpaired) electrons. The van der Waals surface area contributed by atoms with Crippen LogP contribution < -0.4 is 5.73 Å². The number of esters is 1. The maximum absolute atomic E-state index is 12.1. The quantitative estimate of drug-likeness (QED) is 0.415. The number of nitrogens with zero attached hydrogens (tertiary/aromatic N) is 4. The van der Waals surface area contributed by atoms with Crippen LogP contribution in [0.2, 0.25) is 0 Å². The number of halogens is 1. The fourth-order valence-electron chi connectivity index (χ4n) is 2.25. The second-order valence-electron chi connectivity index (χ2n) is 6.45. The number of fused-ring (bicyclic) bond motifs is 1. The number of hydrogen-bond donors (Lipinski definition) is 2. The smallest absolute Gasteiger partial charge is 0.352 e. The minimum Gasteiger partial charge on any atom is -0.455 e. The SMILES string of the molecule is CC[C@H](Cn1nc(I)c2c(N)ncnc21)C(=N)C(=O)OC(C)(C)C. The second kappa shape index (κ2) is 6.99. The second-order valence-corrected chi connectivity index (χ2v) is 7.47. The molecule has 0 saturated heterocycles. The van der Waals surface area contributed by atoms with Crippen molar-refractivity contribution >= 4 is 51.1 Å². The lowest BCUT2D eigenvalue weighted by Gasteiger charge is -2.22. The van der Waals surface area contributed by atoms with Gasteiger partial charge in [-0.05, 0) is 49.8 Å². The standard InChI is InChI=1S/C15H21IN6O2/c1-5-8(10(17)14(23)24-15(2,3)4)6-22-13-9(11(16)21-22)12(18)19-7-20-13/h7-8,17H,5-6H2,1-4H3,(H2,18,19,20)/t8-/m1/s1. The highest BCUT2D eigenvalue weighted by atomic mass is 127. The summed E-state index contributed by atoms with van der Waals surface area (Å²) in [5.74, 6) is -0.560. The zero-order chi connectivity index (χ0) is 18.1. The largest absolute Gasteiger partial charge is 0.455 e. The minimum absolute atomic E-state index is 0.0619. The van der Waals surface area contributed by atoms with E-state index in [4.69, 9.17) is 15.9 Å². The van der Waals surface area contributed by atoms with Gasteiger partial charge in [-0.15, -0.1) is 0 Å². The number of nitrogens with two attached hydrogens (primary N) is 1. The van der Waals surface area contributed by atoms with Gasteiger partial charge >= 0.3 is 5.97 Å². The molecule has 3 N–H and O–H groups in total. The molecule has 2 aromatic heterocycles. The van der Waals surface area contributed by atoms with E-state index in [-0.39, 0.29) is 11.6 Å². The molecule has 0 aliphatic carbocycles. The molecule has 0 aliphatic heterocycles. The molecule has 0 aromatic carbocycles. The molecule has 0 fully saturated rings. The molecular formula is C15H21IN6O2. The van der Waals surface area contributed by atoms with Crippen molar-refractivity contribution in [3.63, 3.8) is 0 Å². The minimum atomic E-state index is -0.628. The Kier molecular flexibility index (Phi) is 5.41. The van der Waals surface area contributed by atoms with E-state index in [1.807, 2.05) is 6.92 Å². The highest BCUT2D eigenvalue weighted by Crippen LogP contribution is 2.24. The Balaban J connectivity index is 2.27. The molecule has 130 valence electrons. The lowest BCUT2D eigenvalue weighted by Crippen LogP contribution is -2.34. The zero-order valence-electron chi connectivity index (χ0n) is 14.1. The Morgan fingerprint density at radius 2 is 2.12 bits per heavy atom. The molecule has 0 bridgehead atoms. The van der Waals surface area contributed by atoms with E-state index in [1.165, 1.54) is 6.33 Å². The summed E-state index contributed by atoms with van der Waals surface area (Å²) in [7, 11) is 0. The van der Waals surface area contributed by atoms with Crippen molar-refractivity contribution in [2.45, 2.75) is 46.3 Å². The van der Waals surface area contributed by atoms with Gasteiger partial charge < -0.3 is 10.5 Å². The van der Waals surface area contributed by atoms with Crippen LogP contribution in [-0.4, -0.2) is 37.0 Å². The van der Waals surface area contributed by atoms with Crippen LogP contribution in [0.1, 0.15) is 34.1 Å². The van der Waals surface area contributed by atoms with Gasteiger partial charge in [-0.25, -0.2) is 19.4 Å². The van der Waals surface area contributed by atoms with Crippen molar-refractivity contribution in [1.82, 2.24) is 19.7 Å². The van der Waals surface area contributed by atoms with E-state index in [1.54, 1.807) is 25.5 Å². The molecule has 24 heavy (non-hydrogen) atoms. The first-order chi connectivity index (χ1) is 11.1. The Bertz CT molecular complexity index is 780. The Hall–Kier alpha value is -1.78. The van der Waals surface area contributed by atoms with Crippen LogP contribution in [0.4, 0.5) is 5.82 Å². The van der Waals surface area contributed by atoms with Gasteiger partial charge in [-0.2, -0.15) is 5.10 Å². The third-order valence-electron chi connectivity index (χ3n) is 3.43. The maximum Gasteiger partial charge on any atom is 0.352 e. The lowest BCUT2D eigenvalue weighted by atomic mass is 10.00. The first kappa shape index (κ1) is 18.6. The molecule has 2 rings (SSSR count). The van der Waals surface area contributed by atoms with Crippen molar-refractivity contribution in [3.05, 3.63) is 10.0 Å². The highest BCUT2D eigenvalue weighted by Gasteiger charge is 2.27. The number of carbonyl (C=O) groups is 1. The molecule has 0 amide bonds. The number of hydrogen-bond acceptors (Lipinski definition) is 7. The van der Waals surface area contributed by atoms with Crippen molar-refractivity contribution in [1.29, 1.82) is 5.41 Å². The number of ether oxygens (including phenoxy) is 1. The Morgan fingerprint density at radius 3 is 2.71 bits per heavy atom. The average molecular weight is 444 g/mol. The van der Waals surface area contributed by atoms with Crippen molar-refractivity contribution < 1.29 is 9.53 Å². The molecular weight excluding hydrogens is 423 g/mol. The van der Waals surface area contributed by atoms with Gasteiger partial charge in [0.25, 0.3) is 0 Å². The van der Waals surface area contributed by atoms with Crippen molar-refractivity contribution in [2.24, 2.45) is 5.92 Å². The van der Waals surface area contributed by atoms with Gasteiger partial charge in [0, 0.05) is 5.92 Å². The summed E-state index contributed by atoms with van der Waals surface area (Å²) in [6.45, 7) is 7.61. The molecule has 0 spiro atoms. The number of nitrogen functional groups attached to an aromatic ring is 1. The molecule has 2 heterocycles. The highest BCUT2D eigenvalue weighted by molar-refractivity contribution is 14.1.